The molecular formula is C11H17Cl2NS2. The van der Waals surface area contributed by atoms with Crippen molar-refractivity contribution in [3.63, 3.8) is 0 Å². The quantitative estimate of drug-likeness (QED) is 0.562. The molecule has 92 valence electrons. The van der Waals surface area contributed by atoms with E-state index >= 15 is 0 Å². The third-order valence-electron chi connectivity index (χ3n) is 3.41. The summed E-state index contributed by atoms with van der Waals surface area (Å²) in [4.78, 5) is 2.33. The summed E-state index contributed by atoms with van der Waals surface area (Å²) in [7, 11) is 0. The Morgan fingerprint density at radius 1 is 1.44 bits per heavy atom. The van der Waals surface area contributed by atoms with Crippen molar-refractivity contribution in [1.82, 2.24) is 4.90 Å². The van der Waals surface area contributed by atoms with Gasteiger partial charge < -0.3 is 4.90 Å². The van der Waals surface area contributed by atoms with Crippen LogP contribution in [0.2, 0.25) is 0 Å². The smallest absolute Gasteiger partial charge is 0.136 e. The molecule has 0 amide bonds. The maximum Gasteiger partial charge on any atom is 0.136 e. The van der Waals surface area contributed by atoms with Crippen molar-refractivity contribution in [3.8, 4) is 0 Å². The van der Waals surface area contributed by atoms with Gasteiger partial charge >= 0.3 is 0 Å². The number of thiocarbonyl (C=S) groups is 1. The SMILES string of the molecule is CC1CCN(C(=S)SCC2CC2(Cl)Cl)CC1. The molecular weight excluding hydrogens is 281 g/mol. The number of rotatable bonds is 2. The van der Waals surface area contributed by atoms with E-state index in [1.165, 1.54) is 12.8 Å². The summed E-state index contributed by atoms with van der Waals surface area (Å²) in [5, 5.41) is 0. The van der Waals surface area contributed by atoms with Crippen LogP contribution < -0.4 is 0 Å². The fraction of sp³-hybridized carbons (Fsp3) is 0.909. The first-order valence-electron chi connectivity index (χ1n) is 5.78. The van der Waals surface area contributed by atoms with Crippen LogP contribution in [0, 0.1) is 11.8 Å². The van der Waals surface area contributed by atoms with Crippen molar-refractivity contribution in [2.75, 3.05) is 18.8 Å². The average molecular weight is 298 g/mol. The van der Waals surface area contributed by atoms with Crippen molar-refractivity contribution in [1.29, 1.82) is 0 Å². The van der Waals surface area contributed by atoms with E-state index in [4.69, 9.17) is 35.4 Å². The number of halogens is 2. The molecule has 1 heterocycles. The third-order valence-corrected chi connectivity index (χ3v) is 6.02. The lowest BCUT2D eigenvalue weighted by atomic mass is 10.00. The Kier molecular flexibility index (Phi) is 4.32. The van der Waals surface area contributed by atoms with Gasteiger partial charge in [0.05, 0.1) is 0 Å². The summed E-state index contributed by atoms with van der Waals surface area (Å²) >= 11 is 19.2. The van der Waals surface area contributed by atoms with Crippen molar-refractivity contribution < 1.29 is 0 Å². The molecule has 1 aliphatic carbocycles. The Morgan fingerprint density at radius 3 is 2.50 bits per heavy atom. The van der Waals surface area contributed by atoms with Gasteiger partial charge in [0.1, 0.15) is 8.65 Å². The minimum Gasteiger partial charge on any atom is -0.358 e. The second kappa shape index (κ2) is 5.21. The zero-order chi connectivity index (χ0) is 11.8. The molecule has 0 bridgehead atoms. The fourth-order valence-corrected chi connectivity index (χ4v) is 4.11. The van der Waals surface area contributed by atoms with Crippen molar-refractivity contribution in [2.45, 2.75) is 30.5 Å². The minimum absolute atomic E-state index is 0.433. The van der Waals surface area contributed by atoms with Gasteiger partial charge in [-0.3, -0.25) is 0 Å². The van der Waals surface area contributed by atoms with Gasteiger partial charge in [0.25, 0.3) is 0 Å². The summed E-state index contributed by atoms with van der Waals surface area (Å²) in [6.45, 7) is 4.54. The van der Waals surface area contributed by atoms with E-state index in [-0.39, 0.29) is 0 Å². The van der Waals surface area contributed by atoms with Crippen molar-refractivity contribution >= 4 is 51.5 Å². The Balaban J connectivity index is 1.68. The van der Waals surface area contributed by atoms with Crippen molar-refractivity contribution in [2.24, 2.45) is 11.8 Å². The van der Waals surface area contributed by atoms with Gasteiger partial charge in [-0.2, -0.15) is 0 Å². The molecule has 0 radical (unpaired) electrons. The Bertz CT molecular complexity index is 275. The van der Waals surface area contributed by atoms with E-state index in [0.717, 1.165) is 35.5 Å². The lowest BCUT2D eigenvalue weighted by Crippen LogP contribution is -2.35. The number of hydrogen-bond donors (Lipinski definition) is 0. The number of piperidine rings is 1. The molecule has 16 heavy (non-hydrogen) atoms. The van der Waals surface area contributed by atoms with Crippen molar-refractivity contribution in [3.05, 3.63) is 0 Å². The summed E-state index contributed by atoms with van der Waals surface area (Å²) in [6, 6.07) is 0. The number of alkyl halides is 2. The molecule has 0 aromatic carbocycles. The molecule has 5 heteroatoms. The first-order chi connectivity index (χ1) is 7.49. The number of nitrogens with zero attached hydrogens (tertiary/aromatic N) is 1. The molecule has 1 saturated carbocycles. The van der Waals surface area contributed by atoms with Gasteiger partial charge in [0, 0.05) is 24.8 Å². The molecule has 1 saturated heterocycles. The number of hydrogen-bond acceptors (Lipinski definition) is 2. The van der Waals surface area contributed by atoms with Gasteiger partial charge in [0.15, 0.2) is 0 Å². The largest absolute Gasteiger partial charge is 0.358 e. The zero-order valence-corrected chi connectivity index (χ0v) is 12.6. The summed E-state index contributed by atoms with van der Waals surface area (Å²) < 4.78 is 0.571. The number of likely N-dealkylation sites (tertiary alicyclic amines) is 1. The lowest BCUT2D eigenvalue weighted by molar-refractivity contribution is 0.287. The van der Waals surface area contributed by atoms with Crippen LogP contribution in [-0.2, 0) is 0 Å². The van der Waals surface area contributed by atoms with Gasteiger partial charge in [0.2, 0.25) is 0 Å². The summed E-state index contributed by atoms with van der Waals surface area (Å²) in [5.74, 6) is 2.26. The molecule has 1 unspecified atom stereocenters. The maximum absolute atomic E-state index is 5.99. The van der Waals surface area contributed by atoms with Gasteiger partial charge in [-0.15, -0.1) is 23.2 Å². The van der Waals surface area contributed by atoms with Crippen LogP contribution in [0.1, 0.15) is 26.2 Å². The Labute approximate surface area is 117 Å². The van der Waals surface area contributed by atoms with E-state index in [1.54, 1.807) is 11.8 Å². The monoisotopic (exact) mass is 297 g/mol. The maximum atomic E-state index is 5.99. The second-order valence-electron chi connectivity index (χ2n) is 4.91. The Morgan fingerprint density at radius 2 is 2.00 bits per heavy atom. The van der Waals surface area contributed by atoms with Gasteiger partial charge in [-0.25, -0.2) is 0 Å². The van der Waals surface area contributed by atoms with E-state index in [1.807, 2.05) is 0 Å². The van der Waals surface area contributed by atoms with E-state index in [0.29, 0.717) is 5.92 Å². The highest BCUT2D eigenvalue weighted by molar-refractivity contribution is 8.22. The van der Waals surface area contributed by atoms with Gasteiger partial charge in [-0.05, 0) is 25.2 Å². The summed E-state index contributed by atoms with van der Waals surface area (Å²) in [6.07, 6.45) is 3.45. The Hall–Kier alpha value is 0.820. The molecule has 2 aliphatic rings. The third kappa shape index (κ3) is 3.41. The highest BCUT2D eigenvalue weighted by atomic mass is 35.5. The molecule has 1 aliphatic heterocycles. The van der Waals surface area contributed by atoms with Crippen LogP contribution in [0.5, 0.6) is 0 Å². The summed E-state index contributed by atoms with van der Waals surface area (Å²) in [5.41, 5.74) is 0. The van der Waals surface area contributed by atoms with Gasteiger partial charge in [-0.1, -0.05) is 30.9 Å². The first-order valence-corrected chi connectivity index (χ1v) is 7.93. The van der Waals surface area contributed by atoms with E-state index < -0.39 is 4.33 Å². The lowest BCUT2D eigenvalue weighted by Gasteiger charge is -2.31. The van der Waals surface area contributed by atoms with Crippen LogP contribution in [0.3, 0.4) is 0 Å². The first kappa shape index (κ1) is 13.3. The molecule has 1 atom stereocenters. The molecule has 1 nitrogen and oxygen atoms in total. The normalized spacial score (nSPS) is 29.2. The molecule has 0 aromatic heterocycles. The average Bonchev–Trinajstić information content (AvgIpc) is 2.84. The fourth-order valence-electron chi connectivity index (χ4n) is 1.90. The van der Waals surface area contributed by atoms with E-state index in [9.17, 15) is 0 Å². The van der Waals surface area contributed by atoms with Crippen LogP contribution in [0.15, 0.2) is 0 Å². The standard InChI is InChI=1S/C11H17Cl2NS2/c1-8-2-4-14(5-3-8)10(15)16-7-9-6-11(9,12)13/h8-9H,2-7H2,1H3. The molecule has 0 N–H and O–H groups in total. The highest BCUT2D eigenvalue weighted by Crippen LogP contribution is 2.54. The zero-order valence-electron chi connectivity index (χ0n) is 9.42. The number of thioether (sulfide) groups is 1. The molecule has 0 aromatic rings. The van der Waals surface area contributed by atoms with Crippen LogP contribution >= 0.6 is 47.2 Å². The minimum atomic E-state index is -0.459. The predicted octanol–water partition coefficient (Wildman–Crippen LogP) is 3.93. The topological polar surface area (TPSA) is 3.24 Å². The molecule has 2 rings (SSSR count). The highest BCUT2D eigenvalue weighted by Gasteiger charge is 2.51. The molecule has 0 spiro atoms. The van der Waals surface area contributed by atoms with Crippen LogP contribution in [-0.4, -0.2) is 32.4 Å². The van der Waals surface area contributed by atoms with E-state index in [2.05, 4.69) is 11.8 Å². The predicted molar refractivity (Wildman–Crippen MR) is 77.6 cm³/mol. The molecule has 2 fully saturated rings. The van der Waals surface area contributed by atoms with Crippen LogP contribution in [0.4, 0.5) is 0 Å². The second-order valence-corrected chi connectivity index (χ2v) is 8.10. The van der Waals surface area contributed by atoms with Crippen LogP contribution in [0.25, 0.3) is 0 Å².